The predicted molar refractivity (Wildman–Crippen MR) is 114 cm³/mol. The van der Waals surface area contributed by atoms with Crippen LogP contribution in [0.25, 0.3) is 0 Å². The number of aromatic nitrogens is 1. The Morgan fingerprint density at radius 2 is 2.00 bits per heavy atom. The molecular weight excluding hydrogens is 443 g/mol. The molecule has 1 aromatic heterocycles. The van der Waals surface area contributed by atoms with Gasteiger partial charge in [-0.15, -0.1) is 0 Å². The van der Waals surface area contributed by atoms with Crippen LogP contribution in [0.2, 0.25) is 5.02 Å². The Labute approximate surface area is 187 Å². The van der Waals surface area contributed by atoms with E-state index in [1.807, 2.05) is 0 Å². The molecule has 32 heavy (non-hydrogen) atoms. The third-order valence-corrected chi connectivity index (χ3v) is 5.88. The van der Waals surface area contributed by atoms with Gasteiger partial charge in [0.15, 0.2) is 5.78 Å². The number of hydrogen-bond acceptors (Lipinski definition) is 4. The molecule has 1 aromatic carbocycles. The maximum Gasteiger partial charge on any atom is 0.416 e. The summed E-state index contributed by atoms with van der Waals surface area (Å²) in [5, 5.41) is 5.62. The van der Waals surface area contributed by atoms with Crippen LogP contribution in [0.3, 0.4) is 0 Å². The summed E-state index contributed by atoms with van der Waals surface area (Å²) in [6.45, 7) is 1.70. The van der Waals surface area contributed by atoms with Gasteiger partial charge in [0.05, 0.1) is 27.9 Å². The summed E-state index contributed by atoms with van der Waals surface area (Å²) in [6.07, 6.45) is -1.29. The number of nitrogens with zero attached hydrogens (tertiary/aromatic N) is 1. The molecule has 1 aliphatic carbocycles. The van der Waals surface area contributed by atoms with Crippen molar-refractivity contribution in [1.82, 2.24) is 10.3 Å². The molecule has 0 fully saturated rings. The molecule has 1 amide bonds. The zero-order chi connectivity index (χ0) is 23.0. The normalized spacial score (nSPS) is 18.9. The fourth-order valence-electron chi connectivity index (χ4n) is 4.11. The minimum atomic E-state index is -4.59. The number of dihydropyridines is 1. The summed E-state index contributed by atoms with van der Waals surface area (Å²) in [5.41, 5.74) is 1.36. The Bertz CT molecular complexity index is 1160. The molecule has 0 radical (unpaired) electrons. The summed E-state index contributed by atoms with van der Waals surface area (Å²) in [6, 6.07) is 7.92. The maximum atomic E-state index is 13.3. The van der Waals surface area contributed by atoms with Crippen LogP contribution >= 0.6 is 11.6 Å². The smallest absolute Gasteiger partial charge is 0.362 e. The van der Waals surface area contributed by atoms with E-state index >= 15 is 0 Å². The number of benzene rings is 1. The molecule has 0 saturated heterocycles. The highest BCUT2D eigenvalue weighted by Crippen LogP contribution is 2.42. The lowest BCUT2D eigenvalue weighted by Crippen LogP contribution is -2.35. The topological polar surface area (TPSA) is 71.1 Å². The number of nitrogens with one attached hydrogen (secondary N) is 2. The van der Waals surface area contributed by atoms with Gasteiger partial charge in [-0.3, -0.25) is 14.6 Å². The minimum Gasteiger partial charge on any atom is -0.362 e. The lowest BCUT2D eigenvalue weighted by molar-refractivity contribution is -0.137. The monoisotopic (exact) mass is 461 g/mol. The third kappa shape index (κ3) is 4.14. The van der Waals surface area contributed by atoms with E-state index in [1.54, 1.807) is 31.3 Å². The number of ketones is 1. The van der Waals surface area contributed by atoms with Crippen molar-refractivity contribution in [2.24, 2.45) is 0 Å². The van der Waals surface area contributed by atoms with Crippen LogP contribution in [-0.4, -0.2) is 16.7 Å². The number of alkyl halides is 3. The van der Waals surface area contributed by atoms with E-state index in [4.69, 9.17) is 11.6 Å². The molecule has 0 unspecified atom stereocenters. The average molecular weight is 462 g/mol. The Morgan fingerprint density at radius 3 is 2.69 bits per heavy atom. The van der Waals surface area contributed by atoms with Crippen molar-refractivity contribution in [3.8, 4) is 0 Å². The first-order valence-corrected chi connectivity index (χ1v) is 10.4. The van der Waals surface area contributed by atoms with Crippen LogP contribution in [0, 0.1) is 0 Å². The molecule has 2 aliphatic rings. The summed E-state index contributed by atoms with van der Waals surface area (Å²) < 4.78 is 39.4. The van der Waals surface area contributed by atoms with Crippen LogP contribution in [0.15, 0.2) is 65.1 Å². The highest BCUT2D eigenvalue weighted by molar-refractivity contribution is 6.34. The fraction of sp³-hybridized carbons (Fsp3) is 0.261. The highest BCUT2D eigenvalue weighted by Gasteiger charge is 2.39. The molecule has 5 nitrogen and oxygen atoms in total. The van der Waals surface area contributed by atoms with Crippen LogP contribution in [0.5, 0.6) is 0 Å². The van der Waals surface area contributed by atoms with Crippen molar-refractivity contribution in [3.63, 3.8) is 0 Å². The number of hydrogen-bond donors (Lipinski definition) is 2. The summed E-state index contributed by atoms with van der Waals surface area (Å²) in [5.74, 6) is -1.47. The van der Waals surface area contributed by atoms with E-state index in [0.29, 0.717) is 36.2 Å². The zero-order valence-electron chi connectivity index (χ0n) is 17.0. The van der Waals surface area contributed by atoms with Gasteiger partial charge in [-0.2, -0.15) is 13.2 Å². The summed E-state index contributed by atoms with van der Waals surface area (Å²) >= 11 is 6.06. The lowest BCUT2D eigenvalue weighted by Gasteiger charge is -2.34. The number of anilines is 1. The van der Waals surface area contributed by atoms with E-state index in [0.717, 1.165) is 23.9 Å². The number of halogens is 4. The number of carbonyl (C=O) groups is 2. The molecule has 2 aromatic rings. The van der Waals surface area contributed by atoms with E-state index in [1.165, 1.54) is 0 Å². The molecule has 166 valence electrons. The highest BCUT2D eigenvalue weighted by atomic mass is 35.5. The van der Waals surface area contributed by atoms with Crippen LogP contribution in [0.1, 0.15) is 43.4 Å². The van der Waals surface area contributed by atoms with Crippen molar-refractivity contribution in [1.29, 1.82) is 0 Å². The zero-order valence-corrected chi connectivity index (χ0v) is 17.8. The molecule has 1 aliphatic heterocycles. The van der Waals surface area contributed by atoms with Crippen molar-refractivity contribution in [3.05, 3.63) is 81.4 Å². The number of carbonyl (C=O) groups excluding carboxylic acids is 2. The molecule has 0 saturated carbocycles. The van der Waals surface area contributed by atoms with Gasteiger partial charge in [-0.05, 0) is 50.1 Å². The van der Waals surface area contributed by atoms with E-state index in [2.05, 4.69) is 15.6 Å². The first-order valence-electron chi connectivity index (χ1n) is 10.00. The average Bonchev–Trinajstić information content (AvgIpc) is 2.74. The van der Waals surface area contributed by atoms with Crippen molar-refractivity contribution in [2.75, 3.05) is 5.32 Å². The van der Waals surface area contributed by atoms with Crippen molar-refractivity contribution >= 4 is 29.0 Å². The van der Waals surface area contributed by atoms with Crippen molar-refractivity contribution in [2.45, 2.75) is 38.3 Å². The number of rotatable bonds is 3. The third-order valence-electron chi connectivity index (χ3n) is 5.55. The van der Waals surface area contributed by atoms with E-state index in [-0.39, 0.29) is 22.1 Å². The fourth-order valence-corrected chi connectivity index (χ4v) is 4.28. The largest absolute Gasteiger partial charge is 0.416 e. The first kappa shape index (κ1) is 22.1. The molecule has 2 heterocycles. The second-order valence-electron chi connectivity index (χ2n) is 7.67. The Morgan fingerprint density at radius 1 is 1.22 bits per heavy atom. The van der Waals surface area contributed by atoms with Gasteiger partial charge in [0.1, 0.15) is 0 Å². The quantitative estimate of drug-likeness (QED) is 0.645. The van der Waals surface area contributed by atoms with Gasteiger partial charge in [0, 0.05) is 35.2 Å². The number of allylic oxidation sites excluding steroid dienone is 3. The lowest BCUT2D eigenvalue weighted by atomic mass is 9.76. The second kappa shape index (κ2) is 8.43. The second-order valence-corrected chi connectivity index (χ2v) is 8.07. The predicted octanol–water partition coefficient (Wildman–Crippen LogP) is 5.36. The van der Waals surface area contributed by atoms with E-state index in [9.17, 15) is 22.8 Å². The molecule has 0 bridgehead atoms. The maximum absolute atomic E-state index is 13.3. The van der Waals surface area contributed by atoms with Crippen molar-refractivity contribution < 1.29 is 22.8 Å². The molecule has 4 rings (SSSR count). The van der Waals surface area contributed by atoms with Gasteiger partial charge in [-0.25, -0.2) is 0 Å². The van der Waals surface area contributed by atoms with Crippen LogP contribution in [-0.2, 0) is 15.8 Å². The van der Waals surface area contributed by atoms with Gasteiger partial charge >= 0.3 is 6.18 Å². The molecule has 9 heteroatoms. The molecule has 2 N–H and O–H groups in total. The standard InChI is InChI=1S/C23H19ClF3N3O2/c1-12-19(22(32)30-17-11-13(23(25,26)27)8-9-14(17)24)21(15-5-2-3-10-28-15)20-16(29-12)6-4-7-18(20)31/h2-3,5,8-11,21,29H,4,6-7H2,1H3,(H,30,32)/t21-/m0/s1. The molecule has 1 atom stereocenters. The summed E-state index contributed by atoms with van der Waals surface area (Å²) in [4.78, 5) is 30.5. The Kier molecular flexibility index (Phi) is 5.81. The molecule has 0 spiro atoms. The van der Waals surface area contributed by atoms with Gasteiger partial charge in [0.25, 0.3) is 5.91 Å². The summed E-state index contributed by atoms with van der Waals surface area (Å²) in [7, 11) is 0. The number of amides is 1. The van der Waals surface area contributed by atoms with Crippen LogP contribution in [0.4, 0.5) is 18.9 Å². The van der Waals surface area contributed by atoms with E-state index < -0.39 is 23.6 Å². The van der Waals surface area contributed by atoms with Gasteiger partial charge in [0.2, 0.25) is 0 Å². The number of Topliss-reactive ketones (excluding diaryl/α,β-unsaturated/α-hetero) is 1. The van der Waals surface area contributed by atoms with Crippen LogP contribution < -0.4 is 10.6 Å². The van der Waals surface area contributed by atoms with Gasteiger partial charge < -0.3 is 10.6 Å². The SMILES string of the molecule is CC1=C(C(=O)Nc2cc(C(F)(F)F)ccc2Cl)[C@H](c2ccccn2)C2=C(CCCC2=O)N1. The number of pyridine rings is 1. The minimum absolute atomic E-state index is 0.0311. The Hall–Kier alpha value is -3.13. The Balaban J connectivity index is 1.76. The van der Waals surface area contributed by atoms with Gasteiger partial charge in [-0.1, -0.05) is 17.7 Å². The molecular formula is C23H19ClF3N3O2. The first-order chi connectivity index (χ1) is 15.2.